The van der Waals surface area contributed by atoms with E-state index in [0.717, 1.165) is 31.6 Å². The predicted octanol–water partition coefficient (Wildman–Crippen LogP) is 6.43. The van der Waals surface area contributed by atoms with E-state index < -0.39 is 30.4 Å². The van der Waals surface area contributed by atoms with Gasteiger partial charge in [-0.15, -0.1) is 0 Å². The third kappa shape index (κ3) is 27.1. The van der Waals surface area contributed by atoms with E-state index in [2.05, 4.69) is 13.8 Å². The molecule has 0 aromatic rings. The van der Waals surface area contributed by atoms with Crippen LogP contribution in [0.5, 0.6) is 0 Å². The summed E-state index contributed by atoms with van der Waals surface area (Å²) in [6.45, 7) is 6.06. The van der Waals surface area contributed by atoms with Gasteiger partial charge in [-0.05, 0) is 38.0 Å². The quantitative estimate of drug-likeness (QED) is 0.0357. The zero-order valence-electron chi connectivity index (χ0n) is 27.4. The van der Waals surface area contributed by atoms with Crippen LogP contribution < -0.4 is 0 Å². The van der Waals surface area contributed by atoms with Crippen molar-refractivity contribution in [1.29, 1.82) is 0 Å². The zero-order valence-corrected chi connectivity index (χ0v) is 27.4. The van der Waals surface area contributed by atoms with Crippen molar-refractivity contribution in [2.45, 2.75) is 135 Å². The molecule has 8 heteroatoms. The van der Waals surface area contributed by atoms with E-state index in [4.69, 9.17) is 9.47 Å². The molecule has 0 fully saturated rings. The summed E-state index contributed by atoms with van der Waals surface area (Å²) in [5.74, 6) is -0.0982. The number of hydrogen-bond donors (Lipinski definition) is 4. The summed E-state index contributed by atoms with van der Waals surface area (Å²) in [6.07, 6.45) is 25.3. The smallest absolute Gasteiger partial charge is 0.305 e. The summed E-state index contributed by atoms with van der Waals surface area (Å²) < 4.78 is 10.1. The number of ether oxygens (including phenoxy) is 2. The van der Waals surface area contributed by atoms with Crippen molar-refractivity contribution < 1.29 is 39.5 Å². The topological polar surface area (TPSA) is 134 Å². The highest BCUT2D eigenvalue weighted by molar-refractivity contribution is 5.69. The van der Waals surface area contributed by atoms with Gasteiger partial charge in [0.05, 0.1) is 18.3 Å². The van der Waals surface area contributed by atoms with Gasteiger partial charge in [0.1, 0.15) is 19.3 Å². The van der Waals surface area contributed by atoms with Gasteiger partial charge in [-0.2, -0.15) is 0 Å². The van der Waals surface area contributed by atoms with Crippen LogP contribution >= 0.6 is 0 Å². The normalized spacial score (nSPS) is 15.9. The Kier molecular flexibility index (Phi) is 27.5. The Morgan fingerprint density at radius 2 is 1.20 bits per heavy atom. The maximum absolute atomic E-state index is 11.9. The van der Waals surface area contributed by atoms with E-state index in [9.17, 15) is 30.0 Å². The zero-order chi connectivity index (χ0) is 32.8. The Bertz CT molecular complexity index is 860. The number of carbonyl (C=O) groups excluding carboxylic acids is 2. The molecule has 0 amide bonds. The first kappa shape index (κ1) is 41.5. The van der Waals surface area contributed by atoms with E-state index in [1.807, 2.05) is 19.1 Å². The van der Waals surface area contributed by atoms with E-state index in [1.165, 1.54) is 38.2 Å². The van der Waals surface area contributed by atoms with Gasteiger partial charge < -0.3 is 29.9 Å². The van der Waals surface area contributed by atoms with Crippen LogP contribution in [0, 0.1) is 5.92 Å². The van der Waals surface area contributed by atoms with E-state index in [0.29, 0.717) is 19.3 Å². The van der Waals surface area contributed by atoms with Crippen LogP contribution in [0.1, 0.15) is 111 Å². The predicted molar refractivity (Wildman–Crippen MR) is 177 cm³/mol. The molecule has 0 spiro atoms. The number of aliphatic hydroxyl groups excluding tert-OH is 4. The number of aliphatic hydroxyl groups is 4. The van der Waals surface area contributed by atoms with Gasteiger partial charge >= 0.3 is 11.9 Å². The maximum Gasteiger partial charge on any atom is 0.305 e. The minimum absolute atomic E-state index is 0.0272. The molecule has 8 nitrogen and oxygen atoms in total. The minimum Gasteiger partial charge on any atom is -0.463 e. The molecule has 0 aromatic heterocycles. The van der Waals surface area contributed by atoms with Crippen molar-refractivity contribution in [1.82, 2.24) is 0 Å². The lowest BCUT2D eigenvalue weighted by molar-refractivity contribution is -0.152. The van der Waals surface area contributed by atoms with Crippen molar-refractivity contribution in [3.05, 3.63) is 60.8 Å². The molecule has 0 bridgehead atoms. The molecule has 0 rings (SSSR count). The number of hydrogen-bond acceptors (Lipinski definition) is 8. The summed E-state index contributed by atoms with van der Waals surface area (Å²) in [4.78, 5) is 23.8. The van der Waals surface area contributed by atoms with Crippen LogP contribution in [0.15, 0.2) is 60.8 Å². The number of esters is 2. The van der Waals surface area contributed by atoms with Crippen molar-refractivity contribution in [3.8, 4) is 0 Å². The molecular weight excluding hydrogens is 560 g/mol. The third-order valence-electron chi connectivity index (χ3n) is 7.15. The summed E-state index contributed by atoms with van der Waals surface area (Å²) >= 11 is 0. The summed E-state index contributed by atoms with van der Waals surface area (Å²) in [5.41, 5.74) is 0. The average molecular weight is 621 g/mol. The second kappa shape index (κ2) is 29.2. The minimum atomic E-state index is -1.09. The van der Waals surface area contributed by atoms with Crippen LogP contribution in [0.4, 0.5) is 0 Å². The molecule has 0 saturated carbocycles. The van der Waals surface area contributed by atoms with Crippen LogP contribution in [0.25, 0.3) is 0 Å². The van der Waals surface area contributed by atoms with Crippen LogP contribution in [0.2, 0.25) is 0 Å². The summed E-state index contributed by atoms with van der Waals surface area (Å²) in [6, 6.07) is 0. The Balaban J connectivity index is 3.92. The molecule has 44 heavy (non-hydrogen) atoms. The number of carbonyl (C=O) groups is 2. The largest absolute Gasteiger partial charge is 0.463 e. The standard InChI is InChI=1S/C36H60O8/c1-4-6-15-22-31(37)23-17-12-8-9-13-18-24-33(39)34(40)25-20-27-36(42)44-29-32(38)28-43-35(41)26-19-14-10-7-11-16-21-30(3)5-2/h6,8-9,12-13,15,17-18,23-24,30-34,37-40H,4-5,7,10-11,14,16,19-22,25-29H2,1-3H3/b12-8+,13-9-,15-6-,23-17+,24-18-/t30?,31-,32+,33+,34+/m1/s1. The fraction of sp³-hybridized carbons (Fsp3) is 0.667. The lowest BCUT2D eigenvalue weighted by Gasteiger charge is -2.14. The maximum atomic E-state index is 11.9. The second-order valence-corrected chi connectivity index (χ2v) is 11.4. The van der Waals surface area contributed by atoms with Crippen LogP contribution in [-0.2, 0) is 19.1 Å². The Hall–Kier alpha value is -2.52. The van der Waals surface area contributed by atoms with Gasteiger partial charge in [0.2, 0.25) is 0 Å². The molecule has 1 unspecified atom stereocenters. The summed E-state index contributed by atoms with van der Waals surface area (Å²) in [7, 11) is 0. The first-order valence-corrected chi connectivity index (χ1v) is 16.6. The molecule has 252 valence electrons. The first-order chi connectivity index (χ1) is 21.2. The molecule has 0 heterocycles. The van der Waals surface area contributed by atoms with E-state index in [1.54, 1.807) is 42.5 Å². The first-order valence-electron chi connectivity index (χ1n) is 16.6. The highest BCUT2D eigenvalue weighted by Crippen LogP contribution is 2.14. The van der Waals surface area contributed by atoms with Gasteiger partial charge in [0, 0.05) is 12.8 Å². The fourth-order valence-corrected chi connectivity index (χ4v) is 4.11. The molecule has 4 N–H and O–H groups in total. The molecule has 5 atom stereocenters. The Morgan fingerprint density at radius 1 is 0.659 bits per heavy atom. The monoisotopic (exact) mass is 620 g/mol. The SMILES string of the molecule is CC/C=C\C[C@@H](O)/C=C/C=C/C=C\C=C/[C@H](O)[C@@H](O)CCCC(=O)OC[C@@H](O)COC(=O)CCCCCCCCC(C)CC. The molecule has 0 radical (unpaired) electrons. The van der Waals surface area contributed by atoms with Gasteiger partial charge in [-0.3, -0.25) is 9.59 Å². The highest BCUT2D eigenvalue weighted by atomic mass is 16.6. The van der Waals surface area contributed by atoms with Crippen LogP contribution in [-0.4, -0.2) is 70.0 Å². The lowest BCUT2D eigenvalue weighted by atomic mass is 10.00. The fourth-order valence-electron chi connectivity index (χ4n) is 4.11. The van der Waals surface area contributed by atoms with Crippen molar-refractivity contribution >= 4 is 11.9 Å². The second-order valence-electron chi connectivity index (χ2n) is 11.4. The lowest BCUT2D eigenvalue weighted by Crippen LogP contribution is -2.26. The summed E-state index contributed by atoms with van der Waals surface area (Å²) in [5, 5.41) is 39.9. The molecule has 0 aliphatic carbocycles. The third-order valence-corrected chi connectivity index (χ3v) is 7.15. The van der Waals surface area contributed by atoms with E-state index in [-0.39, 0.29) is 32.0 Å². The number of rotatable bonds is 27. The Morgan fingerprint density at radius 3 is 1.82 bits per heavy atom. The Labute approximate surface area is 266 Å². The number of allylic oxidation sites excluding steroid dienone is 7. The molecule has 0 aromatic carbocycles. The van der Waals surface area contributed by atoms with Gasteiger partial charge in [-0.1, -0.05) is 126 Å². The van der Waals surface area contributed by atoms with Crippen LogP contribution in [0.3, 0.4) is 0 Å². The molecular formula is C36H60O8. The van der Waals surface area contributed by atoms with Gasteiger partial charge in [0.15, 0.2) is 0 Å². The van der Waals surface area contributed by atoms with Gasteiger partial charge in [-0.25, -0.2) is 0 Å². The van der Waals surface area contributed by atoms with Crippen molar-refractivity contribution in [2.75, 3.05) is 13.2 Å². The average Bonchev–Trinajstić information content (AvgIpc) is 3.01. The molecule has 0 aliphatic heterocycles. The van der Waals surface area contributed by atoms with Crippen molar-refractivity contribution in [3.63, 3.8) is 0 Å². The molecule has 0 saturated heterocycles. The van der Waals surface area contributed by atoms with Crippen molar-refractivity contribution in [2.24, 2.45) is 5.92 Å². The van der Waals surface area contributed by atoms with E-state index >= 15 is 0 Å². The number of unbranched alkanes of at least 4 members (excludes halogenated alkanes) is 5. The molecule has 0 aliphatic rings. The van der Waals surface area contributed by atoms with Gasteiger partial charge in [0.25, 0.3) is 0 Å². The highest BCUT2D eigenvalue weighted by Gasteiger charge is 2.15.